The van der Waals surface area contributed by atoms with E-state index in [1.165, 1.54) is 12.0 Å². The molecule has 1 aliphatic heterocycles. The molecule has 3 heteroatoms. The van der Waals surface area contributed by atoms with Crippen molar-refractivity contribution in [1.82, 2.24) is 5.32 Å². The third-order valence-corrected chi connectivity index (χ3v) is 3.32. The van der Waals surface area contributed by atoms with Gasteiger partial charge in [0.25, 0.3) is 0 Å². The van der Waals surface area contributed by atoms with Gasteiger partial charge in [-0.1, -0.05) is 19.9 Å². The maximum Gasteiger partial charge on any atom is 0.161 e. The molecule has 1 aromatic rings. The Bertz CT molecular complexity index is 392. The minimum Gasteiger partial charge on any atom is -0.490 e. The molecule has 0 aliphatic carbocycles. The van der Waals surface area contributed by atoms with Crippen LogP contribution in [-0.4, -0.2) is 26.3 Å². The Morgan fingerprint density at radius 2 is 2.00 bits per heavy atom. The number of nitrogens with one attached hydrogen (secondary N) is 1. The van der Waals surface area contributed by atoms with E-state index in [4.69, 9.17) is 9.47 Å². The van der Waals surface area contributed by atoms with Crippen LogP contribution in [0.3, 0.4) is 0 Å². The van der Waals surface area contributed by atoms with Crippen LogP contribution >= 0.6 is 0 Å². The number of benzene rings is 1. The third-order valence-electron chi connectivity index (χ3n) is 3.32. The third kappa shape index (κ3) is 4.43. The predicted molar refractivity (Wildman–Crippen MR) is 78.1 cm³/mol. The first-order valence-corrected chi connectivity index (χ1v) is 7.39. The van der Waals surface area contributed by atoms with Gasteiger partial charge in [0, 0.05) is 6.42 Å². The Labute approximate surface area is 116 Å². The van der Waals surface area contributed by atoms with E-state index in [0.29, 0.717) is 5.92 Å². The van der Waals surface area contributed by atoms with Crippen LogP contribution in [0.25, 0.3) is 0 Å². The van der Waals surface area contributed by atoms with Gasteiger partial charge in [-0.05, 0) is 49.5 Å². The second-order valence-corrected chi connectivity index (χ2v) is 5.34. The lowest BCUT2D eigenvalue weighted by Gasteiger charge is -2.14. The Hall–Kier alpha value is -1.22. The highest BCUT2D eigenvalue weighted by Gasteiger charge is 2.11. The van der Waals surface area contributed by atoms with E-state index in [-0.39, 0.29) is 0 Å². The smallest absolute Gasteiger partial charge is 0.161 e. The van der Waals surface area contributed by atoms with Gasteiger partial charge in [-0.15, -0.1) is 0 Å². The fourth-order valence-electron chi connectivity index (χ4n) is 2.33. The van der Waals surface area contributed by atoms with Crippen LogP contribution in [0.15, 0.2) is 18.2 Å². The molecule has 19 heavy (non-hydrogen) atoms. The number of ether oxygens (including phenoxy) is 2. The molecule has 1 aromatic carbocycles. The minimum atomic E-state index is 0.635. The first kappa shape index (κ1) is 14.2. The molecule has 1 N–H and O–H groups in total. The van der Waals surface area contributed by atoms with Gasteiger partial charge in [0.15, 0.2) is 11.5 Å². The number of hydrogen-bond acceptors (Lipinski definition) is 3. The number of hydrogen-bond donors (Lipinski definition) is 1. The zero-order chi connectivity index (χ0) is 13.5. The van der Waals surface area contributed by atoms with Crippen molar-refractivity contribution >= 4 is 0 Å². The van der Waals surface area contributed by atoms with Gasteiger partial charge < -0.3 is 14.8 Å². The fraction of sp³-hybridized carbons (Fsp3) is 0.625. The molecule has 1 atom stereocenters. The van der Waals surface area contributed by atoms with Gasteiger partial charge in [-0.2, -0.15) is 0 Å². The van der Waals surface area contributed by atoms with Crippen molar-refractivity contribution in [2.75, 3.05) is 26.3 Å². The van der Waals surface area contributed by atoms with Crippen LogP contribution in [-0.2, 0) is 6.42 Å². The lowest BCUT2D eigenvalue weighted by molar-refractivity contribution is 0.297. The van der Waals surface area contributed by atoms with Gasteiger partial charge in [0.2, 0.25) is 0 Å². The van der Waals surface area contributed by atoms with E-state index in [1.54, 1.807) is 0 Å². The van der Waals surface area contributed by atoms with Gasteiger partial charge in [-0.3, -0.25) is 0 Å². The maximum atomic E-state index is 5.73. The molecular formula is C16H25NO2. The maximum absolute atomic E-state index is 5.73. The van der Waals surface area contributed by atoms with Gasteiger partial charge in [0.05, 0.1) is 13.2 Å². The molecule has 0 bridgehead atoms. The summed E-state index contributed by atoms with van der Waals surface area (Å²) in [5.74, 6) is 2.43. The molecule has 1 heterocycles. The number of rotatable bonds is 6. The predicted octanol–water partition coefficient (Wildman–Crippen LogP) is 3.03. The van der Waals surface area contributed by atoms with E-state index in [9.17, 15) is 0 Å². The van der Waals surface area contributed by atoms with E-state index in [1.807, 2.05) is 6.07 Å². The van der Waals surface area contributed by atoms with Crippen LogP contribution in [0.1, 0.15) is 32.3 Å². The summed E-state index contributed by atoms with van der Waals surface area (Å²) in [6.45, 7) is 8.16. The summed E-state index contributed by atoms with van der Waals surface area (Å²) >= 11 is 0. The standard InChI is InChI=1S/C16H25NO2/c1-3-7-17-12-13(2)10-14-5-6-15-16(11-14)19-9-4-8-18-15/h5-6,11,13,17H,3-4,7-10,12H2,1-2H3. The number of fused-ring (bicyclic) bond motifs is 1. The van der Waals surface area contributed by atoms with Crippen molar-refractivity contribution in [2.45, 2.75) is 33.1 Å². The summed E-state index contributed by atoms with van der Waals surface area (Å²) < 4.78 is 11.4. The van der Waals surface area contributed by atoms with E-state index >= 15 is 0 Å². The van der Waals surface area contributed by atoms with Crippen LogP contribution < -0.4 is 14.8 Å². The summed E-state index contributed by atoms with van der Waals surface area (Å²) in [4.78, 5) is 0. The topological polar surface area (TPSA) is 30.5 Å². The lowest BCUT2D eigenvalue weighted by Crippen LogP contribution is -2.23. The van der Waals surface area contributed by atoms with Gasteiger partial charge in [-0.25, -0.2) is 0 Å². The molecule has 0 saturated carbocycles. The highest BCUT2D eigenvalue weighted by molar-refractivity contribution is 5.43. The average molecular weight is 263 g/mol. The summed E-state index contributed by atoms with van der Waals surface area (Å²) in [5, 5.41) is 3.47. The van der Waals surface area contributed by atoms with Crippen LogP contribution in [0.5, 0.6) is 11.5 Å². The minimum absolute atomic E-state index is 0.635. The van der Waals surface area contributed by atoms with E-state index in [0.717, 1.165) is 50.6 Å². The van der Waals surface area contributed by atoms with Gasteiger partial charge >= 0.3 is 0 Å². The zero-order valence-corrected chi connectivity index (χ0v) is 12.1. The molecule has 1 aliphatic rings. The van der Waals surface area contributed by atoms with Crippen molar-refractivity contribution < 1.29 is 9.47 Å². The SMILES string of the molecule is CCCNCC(C)Cc1ccc2c(c1)OCCCO2. The monoisotopic (exact) mass is 263 g/mol. The van der Waals surface area contributed by atoms with E-state index in [2.05, 4.69) is 31.3 Å². The molecule has 1 unspecified atom stereocenters. The lowest BCUT2D eigenvalue weighted by atomic mass is 10.0. The molecule has 0 saturated heterocycles. The highest BCUT2D eigenvalue weighted by Crippen LogP contribution is 2.31. The van der Waals surface area contributed by atoms with Crippen LogP contribution in [0.2, 0.25) is 0 Å². The molecular weight excluding hydrogens is 238 g/mol. The normalized spacial score (nSPS) is 15.9. The van der Waals surface area contributed by atoms with Crippen LogP contribution in [0.4, 0.5) is 0 Å². The van der Waals surface area contributed by atoms with Crippen LogP contribution in [0, 0.1) is 5.92 Å². The first-order valence-electron chi connectivity index (χ1n) is 7.39. The quantitative estimate of drug-likeness (QED) is 0.800. The largest absolute Gasteiger partial charge is 0.490 e. The van der Waals surface area contributed by atoms with Crippen molar-refractivity contribution in [3.05, 3.63) is 23.8 Å². The molecule has 0 radical (unpaired) electrons. The Morgan fingerprint density at radius 1 is 1.21 bits per heavy atom. The first-order chi connectivity index (χ1) is 9.29. The van der Waals surface area contributed by atoms with Crippen molar-refractivity contribution in [3.8, 4) is 11.5 Å². The van der Waals surface area contributed by atoms with Crippen molar-refractivity contribution in [2.24, 2.45) is 5.92 Å². The Kier molecular flexibility index (Phi) is 5.52. The molecule has 106 valence electrons. The molecule has 0 amide bonds. The Morgan fingerprint density at radius 3 is 2.79 bits per heavy atom. The van der Waals surface area contributed by atoms with Crippen molar-refractivity contribution in [1.29, 1.82) is 0 Å². The summed E-state index contributed by atoms with van der Waals surface area (Å²) in [5.41, 5.74) is 1.33. The second kappa shape index (κ2) is 7.39. The molecule has 0 spiro atoms. The van der Waals surface area contributed by atoms with Gasteiger partial charge in [0.1, 0.15) is 0 Å². The molecule has 0 fully saturated rings. The summed E-state index contributed by atoms with van der Waals surface area (Å²) in [7, 11) is 0. The summed E-state index contributed by atoms with van der Waals surface area (Å²) in [6, 6.07) is 6.34. The Balaban J connectivity index is 1.92. The van der Waals surface area contributed by atoms with Crippen molar-refractivity contribution in [3.63, 3.8) is 0 Å². The molecule has 3 nitrogen and oxygen atoms in total. The fourth-order valence-corrected chi connectivity index (χ4v) is 2.33. The molecule has 0 aromatic heterocycles. The average Bonchev–Trinajstić information content (AvgIpc) is 2.63. The molecule has 2 rings (SSSR count). The van der Waals surface area contributed by atoms with E-state index < -0.39 is 0 Å². The summed E-state index contributed by atoms with van der Waals surface area (Å²) in [6.07, 6.45) is 3.23. The highest BCUT2D eigenvalue weighted by atomic mass is 16.5. The zero-order valence-electron chi connectivity index (χ0n) is 12.1. The second-order valence-electron chi connectivity index (χ2n) is 5.34.